The molecule has 2 N–H and O–H groups in total. The minimum atomic E-state index is -0.451. The molecule has 72 valence electrons. The molecule has 0 aliphatic carbocycles. The van der Waals surface area contributed by atoms with E-state index < -0.39 is 6.10 Å². The first-order valence-corrected chi connectivity index (χ1v) is 4.57. The highest BCUT2D eigenvalue weighted by Crippen LogP contribution is 2.09. The second-order valence-electron chi connectivity index (χ2n) is 3.42. The van der Waals surface area contributed by atoms with Crippen LogP contribution in [0.2, 0.25) is 0 Å². The smallest absolute Gasteiger partial charge is 0.0627 e. The van der Waals surface area contributed by atoms with Gasteiger partial charge in [0.15, 0.2) is 0 Å². The summed E-state index contributed by atoms with van der Waals surface area (Å²) >= 11 is 0. The summed E-state index contributed by atoms with van der Waals surface area (Å²) in [5.41, 5.74) is 1.11. The van der Waals surface area contributed by atoms with Gasteiger partial charge in [0.1, 0.15) is 0 Å². The molecule has 2 atom stereocenters. The first kappa shape index (κ1) is 10.2. The van der Waals surface area contributed by atoms with Crippen LogP contribution in [0.4, 0.5) is 0 Å². The zero-order valence-corrected chi connectivity index (χ0v) is 7.85. The first-order valence-electron chi connectivity index (χ1n) is 4.57. The molecule has 13 heavy (non-hydrogen) atoms. The van der Waals surface area contributed by atoms with E-state index in [1.54, 1.807) is 0 Å². The van der Waals surface area contributed by atoms with Gasteiger partial charge in [-0.25, -0.2) is 0 Å². The summed E-state index contributed by atoms with van der Waals surface area (Å²) in [5, 5.41) is 18.4. The van der Waals surface area contributed by atoms with Crippen LogP contribution in [-0.2, 0) is 6.42 Å². The van der Waals surface area contributed by atoms with Gasteiger partial charge in [0, 0.05) is 12.5 Å². The molecule has 0 saturated carbocycles. The zero-order valence-electron chi connectivity index (χ0n) is 7.85. The fraction of sp³-hybridized carbons (Fsp3) is 0.455. The standard InChI is InChI=1S/C11H16O2/c1-9(8-12)11(13)7-10-5-3-2-4-6-10/h2-6,9,11-13H,7-8H2,1H3/t9-,11+/m0/s1. The van der Waals surface area contributed by atoms with E-state index >= 15 is 0 Å². The number of hydrogen-bond acceptors (Lipinski definition) is 2. The molecule has 0 amide bonds. The molecule has 1 aromatic rings. The van der Waals surface area contributed by atoms with Gasteiger partial charge in [-0.2, -0.15) is 0 Å². The fourth-order valence-corrected chi connectivity index (χ4v) is 1.18. The molecular weight excluding hydrogens is 164 g/mol. The summed E-state index contributed by atoms with van der Waals surface area (Å²) in [4.78, 5) is 0. The molecule has 0 radical (unpaired) electrons. The van der Waals surface area contributed by atoms with Gasteiger partial charge in [-0.15, -0.1) is 0 Å². The van der Waals surface area contributed by atoms with Crippen molar-refractivity contribution in [3.05, 3.63) is 35.9 Å². The summed E-state index contributed by atoms with van der Waals surface area (Å²) in [6, 6.07) is 9.81. The zero-order chi connectivity index (χ0) is 9.68. The van der Waals surface area contributed by atoms with E-state index in [-0.39, 0.29) is 12.5 Å². The highest BCUT2D eigenvalue weighted by atomic mass is 16.3. The minimum Gasteiger partial charge on any atom is -0.396 e. The van der Waals surface area contributed by atoms with E-state index in [0.717, 1.165) is 5.56 Å². The Morgan fingerprint density at radius 1 is 1.23 bits per heavy atom. The van der Waals surface area contributed by atoms with Gasteiger partial charge in [-0.05, 0) is 12.0 Å². The molecule has 0 aliphatic heterocycles. The predicted octanol–water partition coefficient (Wildman–Crippen LogP) is 1.22. The highest BCUT2D eigenvalue weighted by Gasteiger charge is 2.12. The first-order chi connectivity index (χ1) is 6.24. The van der Waals surface area contributed by atoms with Gasteiger partial charge in [0.05, 0.1) is 6.10 Å². The molecule has 0 heterocycles. The van der Waals surface area contributed by atoms with Crippen molar-refractivity contribution in [1.29, 1.82) is 0 Å². The van der Waals surface area contributed by atoms with Crippen LogP contribution in [-0.4, -0.2) is 22.9 Å². The van der Waals surface area contributed by atoms with Gasteiger partial charge in [0.25, 0.3) is 0 Å². The van der Waals surface area contributed by atoms with Gasteiger partial charge >= 0.3 is 0 Å². The maximum atomic E-state index is 9.61. The highest BCUT2D eigenvalue weighted by molar-refractivity contribution is 5.15. The Morgan fingerprint density at radius 2 is 1.85 bits per heavy atom. The molecular formula is C11H16O2. The van der Waals surface area contributed by atoms with Crippen molar-refractivity contribution in [1.82, 2.24) is 0 Å². The minimum absolute atomic E-state index is 0.0357. The van der Waals surface area contributed by atoms with Crippen molar-refractivity contribution in [3.8, 4) is 0 Å². The Bertz CT molecular complexity index is 233. The number of aliphatic hydroxyl groups is 2. The molecule has 2 nitrogen and oxygen atoms in total. The van der Waals surface area contributed by atoms with Crippen molar-refractivity contribution in [2.24, 2.45) is 5.92 Å². The molecule has 0 fully saturated rings. The Balaban J connectivity index is 2.50. The van der Waals surface area contributed by atoms with Crippen LogP contribution >= 0.6 is 0 Å². The molecule has 0 aromatic heterocycles. The third-order valence-electron chi connectivity index (χ3n) is 2.23. The van der Waals surface area contributed by atoms with Crippen LogP contribution in [0.3, 0.4) is 0 Å². The maximum Gasteiger partial charge on any atom is 0.0627 e. The maximum absolute atomic E-state index is 9.61. The normalized spacial score (nSPS) is 15.3. The lowest BCUT2D eigenvalue weighted by molar-refractivity contribution is 0.0775. The molecule has 1 aromatic carbocycles. The molecule has 0 bridgehead atoms. The lowest BCUT2D eigenvalue weighted by Crippen LogP contribution is -2.23. The van der Waals surface area contributed by atoms with Gasteiger partial charge in [0.2, 0.25) is 0 Å². The summed E-state index contributed by atoms with van der Waals surface area (Å²) in [5.74, 6) is -0.0554. The van der Waals surface area contributed by atoms with E-state index in [9.17, 15) is 5.11 Å². The van der Waals surface area contributed by atoms with E-state index in [1.807, 2.05) is 37.3 Å². The second-order valence-corrected chi connectivity index (χ2v) is 3.42. The number of benzene rings is 1. The van der Waals surface area contributed by atoms with Crippen LogP contribution in [0, 0.1) is 5.92 Å². The Hall–Kier alpha value is -0.860. The van der Waals surface area contributed by atoms with Crippen molar-refractivity contribution in [2.75, 3.05) is 6.61 Å². The van der Waals surface area contributed by atoms with E-state index in [4.69, 9.17) is 5.11 Å². The van der Waals surface area contributed by atoms with E-state index in [1.165, 1.54) is 0 Å². The quantitative estimate of drug-likeness (QED) is 0.731. The topological polar surface area (TPSA) is 40.5 Å². The number of hydrogen-bond donors (Lipinski definition) is 2. The summed E-state index contributed by atoms with van der Waals surface area (Å²) < 4.78 is 0. The average Bonchev–Trinajstić information content (AvgIpc) is 2.18. The molecule has 0 saturated heterocycles. The molecule has 0 spiro atoms. The lowest BCUT2D eigenvalue weighted by Gasteiger charge is -2.16. The van der Waals surface area contributed by atoms with E-state index in [2.05, 4.69) is 0 Å². The van der Waals surface area contributed by atoms with E-state index in [0.29, 0.717) is 6.42 Å². The largest absolute Gasteiger partial charge is 0.396 e. The van der Waals surface area contributed by atoms with Crippen LogP contribution in [0.5, 0.6) is 0 Å². The van der Waals surface area contributed by atoms with Crippen LogP contribution in [0.25, 0.3) is 0 Å². The van der Waals surface area contributed by atoms with Gasteiger partial charge in [-0.1, -0.05) is 37.3 Å². The monoisotopic (exact) mass is 180 g/mol. The molecule has 2 heteroatoms. The lowest BCUT2D eigenvalue weighted by atomic mass is 9.98. The van der Waals surface area contributed by atoms with Gasteiger partial charge < -0.3 is 10.2 Å². The van der Waals surface area contributed by atoms with Crippen LogP contribution in [0.15, 0.2) is 30.3 Å². The molecule has 0 aliphatic rings. The summed E-state index contributed by atoms with van der Waals surface area (Å²) in [6.45, 7) is 1.88. The third kappa shape index (κ3) is 3.17. The van der Waals surface area contributed by atoms with Crippen LogP contribution in [0.1, 0.15) is 12.5 Å². The molecule has 1 rings (SSSR count). The Kier molecular flexibility index (Phi) is 3.93. The number of aliphatic hydroxyl groups excluding tert-OH is 2. The number of rotatable bonds is 4. The molecule has 0 unspecified atom stereocenters. The Morgan fingerprint density at radius 3 is 2.38 bits per heavy atom. The van der Waals surface area contributed by atoms with Crippen molar-refractivity contribution in [3.63, 3.8) is 0 Å². The SMILES string of the molecule is C[C@@H](CO)[C@H](O)Cc1ccccc1. The predicted molar refractivity (Wildman–Crippen MR) is 52.4 cm³/mol. The summed E-state index contributed by atoms with van der Waals surface area (Å²) in [6.07, 6.45) is 0.162. The second kappa shape index (κ2) is 5.00. The van der Waals surface area contributed by atoms with Gasteiger partial charge in [-0.3, -0.25) is 0 Å². The van der Waals surface area contributed by atoms with Crippen molar-refractivity contribution in [2.45, 2.75) is 19.4 Å². The fourth-order valence-electron chi connectivity index (χ4n) is 1.18. The summed E-state index contributed by atoms with van der Waals surface area (Å²) in [7, 11) is 0. The Labute approximate surface area is 78.8 Å². The average molecular weight is 180 g/mol. The van der Waals surface area contributed by atoms with Crippen molar-refractivity contribution < 1.29 is 10.2 Å². The van der Waals surface area contributed by atoms with Crippen LogP contribution < -0.4 is 0 Å². The van der Waals surface area contributed by atoms with Crippen molar-refractivity contribution >= 4 is 0 Å². The third-order valence-corrected chi connectivity index (χ3v) is 2.23.